The van der Waals surface area contributed by atoms with Gasteiger partial charge >= 0.3 is 0 Å². The maximum atomic E-state index is 13.1. The zero-order valence-electron chi connectivity index (χ0n) is 15.1. The van der Waals surface area contributed by atoms with Gasteiger partial charge in [-0.15, -0.1) is 0 Å². The Kier molecular flexibility index (Phi) is 5.07. The Labute approximate surface area is 154 Å². The molecule has 1 N–H and O–H groups in total. The number of hydrogen-bond acceptors (Lipinski definition) is 3. The van der Waals surface area contributed by atoms with Crippen molar-refractivity contribution in [2.45, 2.75) is 57.0 Å². The molecule has 5 heteroatoms. The minimum Gasteiger partial charge on any atom is -0.342 e. The molecule has 140 valence electrons. The van der Waals surface area contributed by atoms with Gasteiger partial charge < -0.3 is 10.2 Å². The molecule has 3 heterocycles. The second-order valence-corrected chi connectivity index (χ2v) is 8.23. The minimum atomic E-state index is -0.335. The highest BCUT2D eigenvalue weighted by Gasteiger charge is 2.36. The maximum Gasteiger partial charge on any atom is 0.222 e. The van der Waals surface area contributed by atoms with Crippen molar-refractivity contribution in [3.63, 3.8) is 0 Å². The lowest BCUT2D eigenvalue weighted by atomic mass is 9.87. The fourth-order valence-electron chi connectivity index (χ4n) is 4.99. The molecule has 1 amide bonds. The Bertz CT molecular complexity index is 663. The molecule has 1 aromatic carbocycles. The van der Waals surface area contributed by atoms with Crippen LogP contribution in [0.1, 0.15) is 55.3 Å². The number of amides is 1. The van der Waals surface area contributed by atoms with Crippen LogP contribution in [-0.2, 0) is 4.79 Å². The number of carbonyl (C=O) groups excluding carboxylic acids is 2. The molecule has 1 aromatic rings. The molecular formula is C21H27FN2O2. The standard InChI is InChI=1S/C21H27FN2O2/c22-17-5-3-15(4-6-17)21(26)16-2-1-9-24(13-16)20(25)12-14-10-18-7-8-19(11-14)23-18/h3-6,14,16,18-19,23H,1-2,7-13H2. The predicted octanol–water partition coefficient (Wildman–Crippen LogP) is 3.17. The quantitative estimate of drug-likeness (QED) is 0.841. The molecule has 3 aliphatic rings. The number of carbonyl (C=O) groups is 2. The molecule has 4 rings (SSSR count). The van der Waals surface area contributed by atoms with E-state index in [9.17, 15) is 14.0 Å². The van der Waals surface area contributed by atoms with Crippen LogP contribution < -0.4 is 5.32 Å². The number of nitrogens with zero attached hydrogens (tertiary/aromatic N) is 1. The Morgan fingerprint density at radius 3 is 2.46 bits per heavy atom. The van der Waals surface area contributed by atoms with Crippen molar-refractivity contribution in [2.75, 3.05) is 13.1 Å². The van der Waals surface area contributed by atoms with Crippen LogP contribution >= 0.6 is 0 Å². The fraction of sp³-hybridized carbons (Fsp3) is 0.619. The van der Waals surface area contributed by atoms with Gasteiger partial charge in [0, 0.05) is 43.1 Å². The van der Waals surface area contributed by atoms with E-state index in [0.29, 0.717) is 36.5 Å². The summed E-state index contributed by atoms with van der Waals surface area (Å²) in [5.74, 6) is 0.213. The van der Waals surface area contributed by atoms with Crippen LogP contribution in [0.15, 0.2) is 24.3 Å². The van der Waals surface area contributed by atoms with Crippen LogP contribution in [0.3, 0.4) is 0 Å². The van der Waals surface area contributed by atoms with Crippen LogP contribution in [0.25, 0.3) is 0 Å². The lowest BCUT2D eigenvalue weighted by molar-refractivity contribution is -0.133. The summed E-state index contributed by atoms with van der Waals surface area (Å²) in [4.78, 5) is 27.4. The molecule has 3 unspecified atom stereocenters. The highest BCUT2D eigenvalue weighted by atomic mass is 19.1. The van der Waals surface area contributed by atoms with Gasteiger partial charge in [-0.25, -0.2) is 4.39 Å². The molecule has 0 aromatic heterocycles. The Hall–Kier alpha value is -1.75. The van der Waals surface area contributed by atoms with Crippen molar-refractivity contribution in [3.8, 4) is 0 Å². The topological polar surface area (TPSA) is 49.4 Å². The maximum absolute atomic E-state index is 13.1. The van der Waals surface area contributed by atoms with Gasteiger partial charge in [-0.1, -0.05) is 0 Å². The summed E-state index contributed by atoms with van der Waals surface area (Å²) >= 11 is 0. The zero-order chi connectivity index (χ0) is 18.1. The van der Waals surface area contributed by atoms with E-state index < -0.39 is 0 Å². The van der Waals surface area contributed by atoms with Gasteiger partial charge in [-0.05, 0) is 68.7 Å². The van der Waals surface area contributed by atoms with E-state index in [0.717, 1.165) is 32.2 Å². The molecule has 0 aliphatic carbocycles. The molecule has 0 saturated carbocycles. The van der Waals surface area contributed by atoms with Crippen LogP contribution in [0.4, 0.5) is 4.39 Å². The first-order chi connectivity index (χ1) is 12.6. The number of ketones is 1. The van der Waals surface area contributed by atoms with Crippen molar-refractivity contribution < 1.29 is 14.0 Å². The van der Waals surface area contributed by atoms with Crippen molar-refractivity contribution in [1.82, 2.24) is 10.2 Å². The first kappa shape index (κ1) is 17.7. The number of Topliss-reactive ketones (excluding diaryl/α,β-unsaturated/α-hetero) is 1. The minimum absolute atomic E-state index is 0.0300. The van der Waals surface area contributed by atoms with Crippen molar-refractivity contribution >= 4 is 11.7 Å². The van der Waals surface area contributed by atoms with Crippen LogP contribution in [0, 0.1) is 17.7 Å². The predicted molar refractivity (Wildman–Crippen MR) is 97.3 cm³/mol. The van der Waals surface area contributed by atoms with Gasteiger partial charge in [0.05, 0.1) is 0 Å². The van der Waals surface area contributed by atoms with E-state index in [1.165, 1.54) is 25.0 Å². The van der Waals surface area contributed by atoms with Crippen molar-refractivity contribution in [1.29, 1.82) is 0 Å². The summed E-state index contributed by atoms with van der Waals surface area (Å²) in [6, 6.07) is 6.93. The van der Waals surface area contributed by atoms with E-state index in [4.69, 9.17) is 0 Å². The average molecular weight is 358 g/mol. The van der Waals surface area contributed by atoms with Crippen LogP contribution in [0.2, 0.25) is 0 Å². The number of piperidine rings is 2. The van der Waals surface area contributed by atoms with E-state index in [1.54, 1.807) is 12.1 Å². The molecular weight excluding hydrogens is 331 g/mol. The molecule has 3 aliphatic heterocycles. The average Bonchev–Trinajstić information content (AvgIpc) is 3.00. The summed E-state index contributed by atoms with van der Waals surface area (Å²) in [6.45, 7) is 1.26. The van der Waals surface area contributed by atoms with E-state index in [2.05, 4.69) is 5.32 Å². The number of likely N-dealkylation sites (tertiary alicyclic amines) is 1. The number of rotatable bonds is 4. The summed E-state index contributed by atoms with van der Waals surface area (Å²) in [5, 5.41) is 3.62. The van der Waals surface area contributed by atoms with Gasteiger partial charge in [0.25, 0.3) is 0 Å². The van der Waals surface area contributed by atoms with Gasteiger partial charge in [0.15, 0.2) is 5.78 Å². The number of fused-ring (bicyclic) bond motifs is 2. The van der Waals surface area contributed by atoms with Gasteiger partial charge in [0.1, 0.15) is 5.82 Å². The Morgan fingerprint density at radius 2 is 1.77 bits per heavy atom. The fourth-order valence-corrected chi connectivity index (χ4v) is 4.99. The molecule has 2 bridgehead atoms. The summed E-state index contributed by atoms with van der Waals surface area (Å²) in [7, 11) is 0. The van der Waals surface area contributed by atoms with E-state index >= 15 is 0 Å². The first-order valence-electron chi connectivity index (χ1n) is 9.92. The van der Waals surface area contributed by atoms with Gasteiger partial charge in [-0.3, -0.25) is 9.59 Å². The third-order valence-corrected chi connectivity index (χ3v) is 6.31. The van der Waals surface area contributed by atoms with E-state index in [1.807, 2.05) is 4.90 Å². The molecule has 0 spiro atoms. The number of halogens is 1. The highest BCUT2D eigenvalue weighted by Crippen LogP contribution is 2.33. The third-order valence-electron chi connectivity index (χ3n) is 6.31. The van der Waals surface area contributed by atoms with Crippen molar-refractivity contribution in [3.05, 3.63) is 35.6 Å². The molecule has 3 fully saturated rings. The molecule has 3 saturated heterocycles. The Balaban J connectivity index is 1.34. The van der Waals surface area contributed by atoms with Crippen molar-refractivity contribution in [2.24, 2.45) is 11.8 Å². The van der Waals surface area contributed by atoms with Crippen LogP contribution in [-0.4, -0.2) is 41.8 Å². The lowest BCUT2D eigenvalue weighted by Gasteiger charge is -2.34. The highest BCUT2D eigenvalue weighted by molar-refractivity contribution is 5.98. The second-order valence-electron chi connectivity index (χ2n) is 8.23. The number of hydrogen-bond donors (Lipinski definition) is 1. The largest absolute Gasteiger partial charge is 0.342 e. The molecule has 26 heavy (non-hydrogen) atoms. The zero-order valence-corrected chi connectivity index (χ0v) is 15.1. The van der Waals surface area contributed by atoms with Gasteiger partial charge in [0.2, 0.25) is 5.91 Å². The molecule has 3 atom stereocenters. The normalized spacial score (nSPS) is 31.0. The molecule has 4 nitrogen and oxygen atoms in total. The number of benzene rings is 1. The Morgan fingerprint density at radius 1 is 1.08 bits per heavy atom. The summed E-state index contributed by atoms with van der Waals surface area (Å²) < 4.78 is 13.1. The smallest absolute Gasteiger partial charge is 0.222 e. The third kappa shape index (κ3) is 3.83. The second kappa shape index (κ2) is 7.47. The monoisotopic (exact) mass is 358 g/mol. The van der Waals surface area contributed by atoms with Gasteiger partial charge in [-0.2, -0.15) is 0 Å². The number of nitrogens with one attached hydrogen (secondary N) is 1. The van der Waals surface area contributed by atoms with E-state index in [-0.39, 0.29) is 23.4 Å². The lowest BCUT2D eigenvalue weighted by Crippen LogP contribution is -2.44. The van der Waals surface area contributed by atoms with Crippen LogP contribution in [0.5, 0.6) is 0 Å². The first-order valence-corrected chi connectivity index (χ1v) is 9.92. The molecule has 0 radical (unpaired) electrons. The summed E-state index contributed by atoms with van der Waals surface area (Å²) in [6.07, 6.45) is 6.98. The SMILES string of the molecule is O=C(c1ccc(F)cc1)C1CCCN(C(=O)CC2CC3CCC(C2)N3)C1. The summed E-state index contributed by atoms with van der Waals surface area (Å²) in [5.41, 5.74) is 0.542.